The van der Waals surface area contributed by atoms with Crippen molar-refractivity contribution in [2.75, 3.05) is 19.7 Å². The van der Waals surface area contributed by atoms with Crippen molar-refractivity contribution in [2.24, 2.45) is 0 Å². The molecule has 0 saturated carbocycles. The maximum Gasteiger partial charge on any atom is 0.262 e. The number of likely N-dealkylation sites (tertiary alicyclic amines) is 1. The number of aromatic nitrogens is 2. The van der Waals surface area contributed by atoms with Gasteiger partial charge < -0.3 is 10.0 Å². The monoisotopic (exact) mass is 375 g/mol. The van der Waals surface area contributed by atoms with Crippen LogP contribution < -0.4 is 5.56 Å². The van der Waals surface area contributed by atoms with Gasteiger partial charge in [0.05, 0.1) is 16.2 Å². The zero-order valence-electron chi connectivity index (χ0n) is 15.1. The highest BCUT2D eigenvalue weighted by atomic mass is 32.2. The van der Waals surface area contributed by atoms with Crippen molar-refractivity contribution in [3.05, 3.63) is 34.6 Å². The Hall–Kier alpha value is -1.86. The number of nitrogens with zero attached hydrogens (tertiary/aromatic N) is 3. The van der Waals surface area contributed by atoms with Crippen LogP contribution in [0, 0.1) is 0 Å². The Balaban J connectivity index is 1.89. The van der Waals surface area contributed by atoms with Crippen LogP contribution in [0.25, 0.3) is 10.9 Å². The molecule has 0 spiro atoms. The molecule has 6 nitrogen and oxygen atoms in total. The number of carbonyl (C=O) groups excluding carboxylic acids is 1. The van der Waals surface area contributed by atoms with Crippen molar-refractivity contribution in [1.29, 1.82) is 0 Å². The minimum Gasteiger partial charge on any atom is -0.396 e. The van der Waals surface area contributed by atoms with Gasteiger partial charge in [-0.2, -0.15) is 0 Å². The minimum absolute atomic E-state index is 0.00559. The van der Waals surface area contributed by atoms with Gasteiger partial charge in [0.2, 0.25) is 5.91 Å². The molecule has 1 aromatic heterocycles. The number of aliphatic hydroxyl groups excluding tert-OH is 1. The smallest absolute Gasteiger partial charge is 0.262 e. The molecule has 3 rings (SSSR count). The van der Waals surface area contributed by atoms with E-state index in [2.05, 4.69) is 4.98 Å². The standard InChI is InChI=1S/C19H25N3O3S/c1-14(17(24)21-10-5-2-6-11-21)26-19-20-16-9-4-3-8-15(16)18(25)22(19)12-7-13-23/h3-4,8-9,14,23H,2,5-7,10-13H2,1H3. The van der Waals surface area contributed by atoms with Crippen LogP contribution in [0.15, 0.2) is 34.2 Å². The zero-order chi connectivity index (χ0) is 18.5. The van der Waals surface area contributed by atoms with E-state index < -0.39 is 0 Å². The molecule has 1 atom stereocenters. The minimum atomic E-state index is -0.304. The number of rotatable bonds is 6. The number of hydrogen-bond donors (Lipinski definition) is 1. The summed E-state index contributed by atoms with van der Waals surface area (Å²) in [4.78, 5) is 32.1. The van der Waals surface area contributed by atoms with Gasteiger partial charge in [-0.25, -0.2) is 4.98 Å². The molecule has 26 heavy (non-hydrogen) atoms. The van der Waals surface area contributed by atoms with Gasteiger partial charge in [0.15, 0.2) is 5.16 Å². The average Bonchev–Trinajstić information content (AvgIpc) is 2.68. The lowest BCUT2D eigenvalue weighted by molar-refractivity contribution is -0.131. The van der Waals surface area contributed by atoms with E-state index in [0.717, 1.165) is 25.9 Å². The van der Waals surface area contributed by atoms with Crippen molar-refractivity contribution in [3.63, 3.8) is 0 Å². The van der Waals surface area contributed by atoms with E-state index >= 15 is 0 Å². The number of thioether (sulfide) groups is 1. The molecule has 140 valence electrons. The lowest BCUT2D eigenvalue weighted by Gasteiger charge is -2.29. The zero-order valence-corrected chi connectivity index (χ0v) is 15.9. The molecular formula is C19H25N3O3S. The molecule has 0 aliphatic carbocycles. The van der Waals surface area contributed by atoms with Gasteiger partial charge in [0, 0.05) is 26.2 Å². The van der Waals surface area contributed by atoms with Gasteiger partial charge in [0.1, 0.15) is 0 Å². The third-order valence-electron chi connectivity index (χ3n) is 4.66. The second-order valence-corrected chi connectivity index (χ2v) is 7.90. The fraction of sp³-hybridized carbons (Fsp3) is 0.526. The molecule has 1 fully saturated rings. The number of benzene rings is 1. The molecule has 1 aliphatic rings. The highest BCUT2D eigenvalue weighted by Crippen LogP contribution is 2.25. The Morgan fingerprint density at radius 1 is 1.27 bits per heavy atom. The van der Waals surface area contributed by atoms with Crippen LogP contribution in [0.3, 0.4) is 0 Å². The Morgan fingerprint density at radius 2 is 2.00 bits per heavy atom. The quantitative estimate of drug-likeness (QED) is 0.619. The summed E-state index contributed by atoms with van der Waals surface area (Å²) in [6.07, 6.45) is 3.76. The van der Waals surface area contributed by atoms with E-state index in [-0.39, 0.29) is 23.3 Å². The lowest BCUT2D eigenvalue weighted by Crippen LogP contribution is -2.40. The molecule has 2 heterocycles. The molecular weight excluding hydrogens is 350 g/mol. The Labute approximate surface area is 157 Å². The SMILES string of the molecule is CC(Sc1nc2ccccc2c(=O)n1CCCO)C(=O)N1CCCCC1. The number of fused-ring (bicyclic) bond motifs is 1. The summed E-state index contributed by atoms with van der Waals surface area (Å²) >= 11 is 1.33. The second-order valence-electron chi connectivity index (χ2n) is 6.59. The molecule has 1 saturated heterocycles. The van der Waals surface area contributed by atoms with Crippen molar-refractivity contribution in [2.45, 2.75) is 49.6 Å². The molecule has 1 N–H and O–H groups in total. The average molecular weight is 375 g/mol. The number of para-hydroxylation sites is 1. The van der Waals surface area contributed by atoms with Crippen molar-refractivity contribution < 1.29 is 9.90 Å². The van der Waals surface area contributed by atoms with Gasteiger partial charge in [-0.1, -0.05) is 23.9 Å². The summed E-state index contributed by atoms with van der Waals surface area (Å²) in [6, 6.07) is 7.24. The molecule has 1 aliphatic heterocycles. The number of piperidine rings is 1. The molecule has 7 heteroatoms. The Kier molecular flexibility index (Phi) is 6.32. The Morgan fingerprint density at radius 3 is 2.73 bits per heavy atom. The molecule has 0 bridgehead atoms. The fourth-order valence-corrected chi connectivity index (χ4v) is 4.26. The first kappa shape index (κ1) is 18.9. The van der Waals surface area contributed by atoms with Gasteiger partial charge in [-0.05, 0) is 44.7 Å². The molecule has 0 radical (unpaired) electrons. The van der Waals surface area contributed by atoms with E-state index in [9.17, 15) is 9.59 Å². The summed E-state index contributed by atoms with van der Waals surface area (Å²) in [7, 11) is 0. The van der Waals surface area contributed by atoms with E-state index in [0.29, 0.717) is 29.0 Å². The predicted octanol–water partition coefficient (Wildman–Crippen LogP) is 2.27. The molecule has 2 aromatic rings. The largest absolute Gasteiger partial charge is 0.396 e. The van der Waals surface area contributed by atoms with Crippen LogP contribution in [0.1, 0.15) is 32.6 Å². The first-order chi connectivity index (χ1) is 12.6. The van der Waals surface area contributed by atoms with Gasteiger partial charge >= 0.3 is 0 Å². The maximum absolute atomic E-state index is 12.8. The van der Waals surface area contributed by atoms with Gasteiger partial charge in [-0.15, -0.1) is 0 Å². The van der Waals surface area contributed by atoms with Crippen LogP contribution in [-0.2, 0) is 11.3 Å². The van der Waals surface area contributed by atoms with Gasteiger partial charge in [-0.3, -0.25) is 14.2 Å². The van der Waals surface area contributed by atoms with Crippen LogP contribution >= 0.6 is 11.8 Å². The van der Waals surface area contributed by atoms with Crippen molar-refractivity contribution in [1.82, 2.24) is 14.5 Å². The first-order valence-corrected chi connectivity index (χ1v) is 10.1. The first-order valence-electron chi connectivity index (χ1n) is 9.17. The topological polar surface area (TPSA) is 75.4 Å². The number of aliphatic hydroxyl groups is 1. The van der Waals surface area contributed by atoms with Gasteiger partial charge in [0.25, 0.3) is 5.56 Å². The third kappa shape index (κ3) is 4.10. The summed E-state index contributed by atoms with van der Waals surface area (Å²) < 4.78 is 1.59. The van der Waals surface area contributed by atoms with Crippen LogP contribution in [0.2, 0.25) is 0 Å². The Bertz CT molecular complexity index is 830. The maximum atomic E-state index is 12.8. The van der Waals surface area contributed by atoms with Crippen LogP contribution in [-0.4, -0.2) is 50.4 Å². The second kappa shape index (κ2) is 8.68. The molecule has 1 aromatic carbocycles. The van der Waals surface area contributed by atoms with E-state index in [4.69, 9.17) is 5.11 Å². The van der Waals surface area contributed by atoms with Crippen LogP contribution in [0.4, 0.5) is 0 Å². The molecule has 1 unspecified atom stereocenters. The van der Waals surface area contributed by atoms with Crippen molar-refractivity contribution in [3.8, 4) is 0 Å². The number of amides is 1. The summed E-state index contributed by atoms with van der Waals surface area (Å²) in [5, 5.41) is 9.96. The summed E-state index contributed by atoms with van der Waals surface area (Å²) in [6.45, 7) is 3.89. The molecule has 1 amide bonds. The predicted molar refractivity (Wildman–Crippen MR) is 103 cm³/mol. The fourth-order valence-electron chi connectivity index (χ4n) is 3.24. The summed E-state index contributed by atoms with van der Waals surface area (Å²) in [5.74, 6) is 0.103. The number of hydrogen-bond acceptors (Lipinski definition) is 5. The third-order valence-corrected chi connectivity index (χ3v) is 5.74. The summed E-state index contributed by atoms with van der Waals surface area (Å²) in [5.41, 5.74) is 0.516. The number of carbonyl (C=O) groups is 1. The highest BCUT2D eigenvalue weighted by Gasteiger charge is 2.25. The normalized spacial score (nSPS) is 16.0. The van der Waals surface area contributed by atoms with E-state index in [1.807, 2.05) is 30.0 Å². The lowest BCUT2D eigenvalue weighted by atomic mass is 10.1. The van der Waals surface area contributed by atoms with E-state index in [1.165, 1.54) is 18.2 Å². The van der Waals surface area contributed by atoms with E-state index in [1.54, 1.807) is 10.6 Å². The van der Waals surface area contributed by atoms with Crippen LogP contribution in [0.5, 0.6) is 0 Å². The van der Waals surface area contributed by atoms with Crippen molar-refractivity contribution >= 4 is 28.6 Å². The highest BCUT2D eigenvalue weighted by molar-refractivity contribution is 8.00.